The third kappa shape index (κ3) is 4.18. The fourth-order valence-corrected chi connectivity index (χ4v) is 4.47. The molecule has 4 rings (SSSR count). The van der Waals surface area contributed by atoms with E-state index >= 15 is 0 Å². The number of nitro groups is 1. The zero-order valence-corrected chi connectivity index (χ0v) is 17.0. The monoisotopic (exact) mass is 450 g/mol. The molecule has 11 heteroatoms. The maximum absolute atomic E-state index is 13.9. The lowest BCUT2D eigenvalue weighted by Gasteiger charge is -2.22. The summed E-state index contributed by atoms with van der Waals surface area (Å²) in [5.41, 5.74) is -0.116. The van der Waals surface area contributed by atoms with Crippen molar-refractivity contribution in [3.8, 4) is 0 Å². The Morgan fingerprint density at radius 3 is 2.48 bits per heavy atom. The van der Waals surface area contributed by atoms with Gasteiger partial charge in [-0.25, -0.2) is 18.2 Å². The van der Waals surface area contributed by atoms with Gasteiger partial charge in [0, 0.05) is 24.7 Å². The van der Waals surface area contributed by atoms with E-state index in [9.17, 15) is 28.1 Å². The Morgan fingerprint density at radius 1 is 1.10 bits per heavy atom. The van der Waals surface area contributed by atoms with Gasteiger partial charge in [-0.1, -0.05) is 24.2 Å². The summed E-state index contributed by atoms with van der Waals surface area (Å²) in [5.74, 6) is -5.14. The molecule has 1 fully saturated rings. The molecule has 0 spiro atoms. The highest BCUT2D eigenvalue weighted by molar-refractivity contribution is 7.22. The molecular weight excluding hydrogens is 433 g/mol. The van der Waals surface area contributed by atoms with Crippen LogP contribution in [-0.2, 0) is 0 Å². The number of hydrogen-bond donors (Lipinski definition) is 1. The summed E-state index contributed by atoms with van der Waals surface area (Å²) in [6.45, 7) is 1.41. The number of benzene rings is 2. The molecule has 0 saturated carbocycles. The molecule has 0 radical (unpaired) electrons. The largest absolute Gasteiger partial charge is 0.366 e. The number of carbonyl (C=O) groups is 1. The molecule has 3 aromatic rings. The lowest BCUT2D eigenvalue weighted by molar-refractivity contribution is -0.384. The van der Waals surface area contributed by atoms with Crippen LogP contribution < -0.4 is 10.2 Å². The van der Waals surface area contributed by atoms with Gasteiger partial charge in [-0.2, -0.15) is 0 Å². The predicted octanol–water partition coefficient (Wildman–Crippen LogP) is 5.25. The van der Waals surface area contributed by atoms with Crippen molar-refractivity contribution in [3.63, 3.8) is 0 Å². The Bertz CT molecular complexity index is 1180. The number of nitro benzene ring substituents is 1. The van der Waals surface area contributed by atoms with Gasteiger partial charge in [-0.05, 0) is 31.0 Å². The van der Waals surface area contributed by atoms with Gasteiger partial charge in [0.15, 0.2) is 22.6 Å². The molecule has 0 aliphatic carbocycles. The first-order chi connectivity index (χ1) is 14.8. The second kappa shape index (κ2) is 8.50. The average molecular weight is 450 g/mol. The van der Waals surface area contributed by atoms with Crippen molar-refractivity contribution in [3.05, 3.63) is 57.4 Å². The van der Waals surface area contributed by atoms with Crippen molar-refractivity contribution < 1.29 is 22.9 Å². The number of hydrogen-bond acceptors (Lipinski definition) is 6. The van der Waals surface area contributed by atoms with Crippen LogP contribution in [-0.4, -0.2) is 28.9 Å². The summed E-state index contributed by atoms with van der Waals surface area (Å²) in [6.07, 6.45) is 4.02. The topological polar surface area (TPSA) is 88.4 Å². The first-order valence-corrected chi connectivity index (χ1v) is 10.5. The Morgan fingerprint density at radius 2 is 1.81 bits per heavy atom. The molecule has 162 valence electrons. The van der Waals surface area contributed by atoms with Crippen molar-refractivity contribution in [1.29, 1.82) is 0 Å². The number of fused-ring (bicyclic) bond motifs is 1. The van der Waals surface area contributed by atoms with E-state index in [1.165, 1.54) is 12.1 Å². The van der Waals surface area contributed by atoms with E-state index < -0.39 is 33.8 Å². The number of nitrogens with one attached hydrogen (secondary N) is 1. The van der Waals surface area contributed by atoms with Crippen molar-refractivity contribution in [1.82, 2.24) is 4.98 Å². The maximum Gasteiger partial charge on any atom is 0.293 e. The number of nitrogens with zero attached hydrogens (tertiary/aromatic N) is 3. The molecule has 2 heterocycles. The van der Waals surface area contributed by atoms with E-state index in [1.54, 1.807) is 6.07 Å². The Kier molecular flexibility index (Phi) is 5.77. The number of aromatic nitrogens is 1. The second-order valence-electron chi connectivity index (χ2n) is 7.17. The van der Waals surface area contributed by atoms with Crippen LogP contribution in [0.4, 0.5) is 29.7 Å². The number of rotatable bonds is 4. The standard InChI is InChI=1S/C20H17F3N4O3S/c21-12-10-15-18(17(23)16(12)22)24-20(31-15)25-19(28)11-5-6-13(14(9-11)27(29)30)26-7-3-1-2-4-8-26/h5-6,9-10H,1-4,7-8H2,(H,24,25,28). The molecule has 0 atom stereocenters. The minimum atomic E-state index is -1.64. The first kappa shape index (κ1) is 21.0. The van der Waals surface area contributed by atoms with Gasteiger partial charge >= 0.3 is 0 Å². The number of amides is 1. The summed E-state index contributed by atoms with van der Waals surface area (Å²) in [5, 5.41) is 14.0. The molecule has 1 amide bonds. The SMILES string of the molecule is O=C(Nc1nc2c(F)c(F)c(F)cc2s1)c1ccc(N2CCCCCC2)c([N+](=O)[O-])c1. The molecule has 1 N–H and O–H groups in total. The smallest absolute Gasteiger partial charge is 0.293 e. The maximum atomic E-state index is 13.9. The van der Waals surface area contributed by atoms with Gasteiger partial charge in [-0.15, -0.1) is 0 Å². The summed E-state index contributed by atoms with van der Waals surface area (Å²) < 4.78 is 40.7. The molecule has 2 aromatic carbocycles. The molecule has 1 aromatic heterocycles. The van der Waals surface area contributed by atoms with Crippen LogP contribution in [0.1, 0.15) is 36.0 Å². The summed E-state index contributed by atoms with van der Waals surface area (Å²) >= 11 is 0.764. The first-order valence-electron chi connectivity index (χ1n) is 9.64. The van der Waals surface area contributed by atoms with Crippen LogP contribution >= 0.6 is 11.3 Å². The predicted molar refractivity (Wildman–Crippen MR) is 111 cm³/mol. The normalized spacial score (nSPS) is 14.5. The summed E-state index contributed by atoms with van der Waals surface area (Å²) in [7, 11) is 0. The fraction of sp³-hybridized carbons (Fsp3) is 0.300. The Hall–Kier alpha value is -3.21. The second-order valence-corrected chi connectivity index (χ2v) is 8.20. The van der Waals surface area contributed by atoms with E-state index in [2.05, 4.69) is 10.3 Å². The van der Waals surface area contributed by atoms with Crippen LogP contribution in [0.2, 0.25) is 0 Å². The average Bonchev–Trinajstić information content (AvgIpc) is 2.96. The lowest BCUT2D eigenvalue weighted by Crippen LogP contribution is -2.25. The Labute approximate surface area is 178 Å². The Balaban J connectivity index is 1.61. The molecule has 1 saturated heterocycles. The number of thiazole rings is 1. The molecule has 31 heavy (non-hydrogen) atoms. The van der Waals surface area contributed by atoms with Crippen molar-refractivity contribution in [2.45, 2.75) is 25.7 Å². The molecule has 7 nitrogen and oxygen atoms in total. The molecule has 0 bridgehead atoms. The van der Waals surface area contributed by atoms with Crippen molar-refractivity contribution in [2.75, 3.05) is 23.3 Å². The van der Waals surface area contributed by atoms with Crippen LogP contribution in [0.15, 0.2) is 24.3 Å². The van der Waals surface area contributed by atoms with Gasteiger partial charge in [-0.3, -0.25) is 20.2 Å². The van der Waals surface area contributed by atoms with Gasteiger partial charge in [0.25, 0.3) is 11.6 Å². The van der Waals surface area contributed by atoms with Gasteiger partial charge in [0.05, 0.1) is 9.62 Å². The highest BCUT2D eigenvalue weighted by atomic mass is 32.1. The molecule has 0 unspecified atom stereocenters. The van der Waals surface area contributed by atoms with E-state index in [0.29, 0.717) is 18.8 Å². The number of halogens is 3. The quantitative estimate of drug-likeness (QED) is 0.333. The highest BCUT2D eigenvalue weighted by Gasteiger charge is 2.24. The zero-order chi connectivity index (χ0) is 22.1. The lowest BCUT2D eigenvalue weighted by atomic mass is 10.1. The van der Waals surface area contributed by atoms with E-state index in [0.717, 1.165) is 43.1 Å². The van der Waals surface area contributed by atoms with E-state index in [4.69, 9.17) is 0 Å². The minimum absolute atomic E-state index is 0.0161. The van der Waals surface area contributed by atoms with E-state index in [1.807, 2.05) is 4.90 Å². The highest BCUT2D eigenvalue weighted by Crippen LogP contribution is 2.33. The van der Waals surface area contributed by atoms with Crippen molar-refractivity contribution >= 4 is 44.0 Å². The molecular formula is C20H17F3N4O3S. The van der Waals surface area contributed by atoms with Crippen LogP contribution in [0.25, 0.3) is 10.2 Å². The zero-order valence-electron chi connectivity index (χ0n) is 16.2. The molecule has 1 aliphatic heterocycles. The summed E-state index contributed by atoms with van der Waals surface area (Å²) in [6, 6.07) is 4.99. The van der Waals surface area contributed by atoms with Crippen LogP contribution in [0, 0.1) is 27.6 Å². The minimum Gasteiger partial charge on any atom is -0.366 e. The van der Waals surface area contributed by atoms with Crippen molar-refractivity contribution in [2.24, 2.45) is 0 Å². The summed E-state index contributed by atoms with van der Waals surface area (Å²) in [4.78, 5) is 29.5. The fourth-order valence-electron chi connectivity index (χ4n) is 3.59. The van der Waals surface area contributed by atoms with E-state index in [-0.39, 0.29) is 21.1 Å². The third-order valence-electron chi connectivity index (χ3n) is 5.12. The van der Waals surface area contributed by atoms with Gasteiger partial charge < -0.3 is 4.90 Å². The van der Waals surface area contributed by atoms with Crippen LogP contribution in [0.3, 0.4) is 0 Å². The van der Waals surface area contributed by atoms with Gasteiger partial charge in [0.1, 0.15) is 11.2 Å². The number of anilines is 2. The van der Waals surface area contributed by atoms with Gasteiger partial charge in [0.2, 0.25) is 0 Å². The number of carbonyl (C=O) groups excluding carboxylic acids is 1. The van der Waals surface area contributed by atoms with Crippen LogP contribution in [0.5, 0.6) is 0 Å². The molecule has 1 aliphatic rings. The third-order valence-corrected chi connectivity index (χ3v) is 6.04.